The molecule has 1 aliphatic rings. The number of hydrogen-bond donors (Lipinski definition) is 1. The Labute approximate surface area is 157 Å². The molecule has 3 rings (SSSR count). The van der Waals surface area contributed by atoms with Crippen LogP contribution in [0.5, 0.6) is 11.5 Å². The molecule has 0 fully saturated rings. The first-order valence-electron chi connectivity index (χ1n) is 8.82. The Hall–Kier alpha value is -3.09. The van der Waals surface area contributed by atoms with Gasteiger partial charge in [-0.3, -0.25) is 14.9 Å². The van der Waals surface area contributed by atoms with Crippen LogP contribution in [0.25, 0.3) is 0 Å². The molecule has 7 heteroatoms. The number of hydrogen-bond acceptors (Lipinski definition) is 5. The molecule has 0 radical (unpaired) electrons. The molecule has 7 nitrogen and oxygen atoms in total. The van der Waals surface area contributed by atoms with E-state index in [1.54, 1.807) is 6.07 Å². The van der Waals surface area contributed by atoms with Crippen molar-refractivity contribution in [2.75, 3.05) is 20.8 Å². The normalized spacial score (nSPS) is 12.4. The molecular formula is C20H22N2O5. The zero-order valence-electron chi connectivity index (χ0n) is 15.4. The first-order chi connectivity index (χ1) is 13.0. The molecule has 0 saturated carbocycles. The molecule has 0 spiro atoms. The van der Waals surface area contributed by atoms with Gasteiger partial charge < -0.3 is 14.8 Å². The van der Waals surface area contributed by atoms with Crippen molar-refractivity contribution in [2.24, 2.45) is 0 Å². The molecule has 2 aromatic rings. The van der Waals surface area contributed by atoms with Gasteiger partial charge in [-0.15, -0.1) is 0 Å². The number of carbonyl (C=O) groups is 1. The molecule has 27 heavy (non-hydrogen) atoms. The summed E-state index contributed by atoms with van der Waals surface area (Å²) in [6, 6.07) is 8.71. The molecule has 1 aliphatic carbocycles. The third kappa shape index (κ3) is 4.02. The van der Waals surface area contributed by atoms with Gasteiger partial charge in [-0.05, 0) is 55.0 Å². The van der Waals surface area contributed by atoms with Gasteiger partial charge in [-0.2, -0.15) is 0 Å². The average molecular weight is 370 g/mol. The first kappa shape index (κ1) is 18.7. The molecule has 2 aromatic carbocycles. The topological polar surface area (TPSA) is 90.7 Å². The van der Waals surface area contributed by atoms with Crippen LogP contribution in [0.3, 0.4) is 0 Å². The number of aryl methyl sites for hydroxylation is 2. The molecule has 1 amide bonds. The van der Waals surface area contributed by atoms with Crippen LogP contribution in [0.2, 0.25) is 0 Å². The van der Waals surface area contributed by atoms with E-state index >= 15 is 0 Å². The van der Waals surface area contributed by atoms with Crippen LogP contribution in [0.15, 0.2) is 30.3 Å². The highest BCUT2D eigenvalue weighted by atomic mass is 16.6. The van der Waals surface area contributed by atoms with Crippen molar-refractivity contribution in [1.29, 1.82) is 0 Å². The summed E-state index contributed by atoms with van der Waals surface area (Å²) in [6.45, 7) is 0.284. The number of nitrogens with zero attached hydrogens (tertiary/aromatic N) is 1. The molecule has 0 aromatic heterocycles. The third-order valence-corrected chi connectivity index (χ3v) is 4.82. The molecule has 0 heterocycles. The van der Waals surface area contributed by atoms with Gasteiger partial charge in [-0.25, -0.2) is 0 Å². The third-order valence-electron chi connectivity index (χ3n) is 4.82. The van der Waals surface area contributed by atoms with Crippen molar-refractivity contribution < 1.29 is 19.2 Å². The van der Waals surface area contributed by atoms with Gasteiger partial charge in [0.05, 0.1) is 25.2 Å². The number of nitro groups is 1. The van der Waals surface area contributed by atoms with E-state index in [4.69, 9.17) is 9.47 Å². The van der Waals surface area contributed by atoms with Crippen LogP contribution in [0.1, 0.15) is 33.5 Å². The summed E-state index contributed by atoms with van der Waals surface area (Å²) >= 11 is 0. The van der Waals surface area contributed by atoms with E-state index in [1.807, 2.05) is 18.2 Å². The van der Waals surface area contributed by atoms with Gasteiger partial charge in [0.15, 0.2) is 11.5 Å². The Morgan fingerprint density at radius 2 is 1.81 bits per heavy atom. The minimum atomic E-state index is -0.459. The van der Waals surface area contributed by atoms with Crippen LogP contribution in [-0.4, -0.2) is 31.6 Å². The highest BCUT2D eigenvalue weighted by Crippen LogP contribution is 2.34. The summed E-state index contributed by atoms with van der Waals surface area (Å²) in [5.41, 5.74) is 3.59. The van der Waals surface area contributed by atoms with Crippen molar-refractivity contribution in [3.05, 3.63) is 62.7 Å². The van der Waals surface area contributed by atoms with Crippen molar-refractivity contribution in [3.8, 4) is 11.5 Å². The fourth-order valence-electron chi connectivity index (χ4n) is 3.41. The lowest BCUT2D eigenvalue weighted by Gasteiger charge is -2.11. The predicted octanol–water partition coefficient (Wildman–Crippen LogP) is 3.07. The van der Waals surface area contributed by atoms with Crippen molar-refractivity contribution in [1.82, 2.24) is 5.32 Å². The smallest absolute Gasteiger partial charge is 0.276 e. The highest BCUT2D eigenvalue weighted by molar-refractivity contribution is 5.94. The van der Waals surface area contributed by atoms with Crippen molar-refractivity contribution in [3.63, 3.8) is 0 Å². The maximum absolute atomic E-state index is 12.4. The number of rotatable bonds is 7. The molecular weight excluding hydrogens is 348 g/mol. The Kier molecular flexibility index (Phi) is 5.59. The minimum absolute atomic E-state index is 0.0561. The standard InChI is InChI=1S/C20H22N2O5/c1-26-18-11-15(17(22(24)25)12-19(18)27-2)8-9-21-20(23)16-7-6-13-4-3-5-14(13)10-16/h6-7,10-12H,3-5,8-9H2,1-2H3,(H,21,23). The molecule has 1 N–H and O–H groups in total. The highest BCUT2D eigenvalue weighted by Gasteiger charge is 2.20. The van der Waals surface area contributed by atoms with Crippen LogP contribution in [0.4, 0.5) is 5.69 Å². The molecule has 0 bridgehead atoms. The van der Waals surface area contributed by atoms with Crippen molar-refractivity contribution >= 4 is 11.6 Å². The maximum atomic E-state index is 12.4. The number of fused-ring (bicyclic) bond motifs is 1. The monoisotopic (exact) mass is 370 g/mol. The average Bonchev–Trinajstić information content (AvgIpc) is 3.14. The maximum Gasteiger partial charge on any atom is 0.276 e. The molecule has 0 saturated heterocycles. The second-order valence-corrected chi connectivity index (χ2v) is 6.44. The van der Waals surface area contributed by atoms with Crippen LogP contribution < -0.4 is 14.8 Å². The number of carbonyl (C=O) groups excluding carboxylic acids is 1. The van der Waals surface area contributed by atoms with Gasteiger partial charge in [0.1, 0.15) is 0 Å². The van der Waals surface area contributed by atoms with E-state index in [-0.39, 0.29) is 18.1 Å². The quantitative estimate of drug-likeness (QED) is 0.597. The van der Waals surface area contributed by atoms with Crippen molar-refractivity contribution in [2.45, 2.75) is 25.7 Å². The minimum Gasteiger partial charge on any atom is -0.493 e. The first-order valence-corrected chi connectivity index (χ1v) is 8.82. The lowest BCUT2D eigenvalue weighted by Crippen LogP contribution is -2.26. The van der Waals surface area contributed by atoms with Crippen LogP contribution >= 0.6 is 0 Å². The zero-order chi connectivity index (χ0) is 19.4. The van der Waals surface area contributed by atoms with Crippen LogP contribution in [-0.2, 0) is 19.3 Å². The fraction of sp³-hybridized carbons (Fsp3) is 0.350. The van der Waals surface area contributed by atoms with Crippen LogP contribution in [0, 0.1) is 10.1 Å². The van der Waals surface area contributed by atoms with Gasteiger partial charge in [0, 0.05) is 17.7 Å². The summed E-state index contributed by atoms with van der Waals surface area (Å²) < 4.78 is 10.3. The summed E-state index contributed by atoms with van der Waals surface area (Å²) in [6.07, 6.45) is 3.52. The lowest BCUT2D eigenvalue weighted by atomic mass is 10.1. The predicted molar refractivity (Wildman–Crippen MR) is 101 cm³/mol. The zero-order valence-corrected chi connectivity index (χ0v) is 15.4. The Morgan fingerprint density at radius 1 is 1.11 bits per heavy atom. The second kappa shape index (κ2) is 8.07. The molecule has 0 unspecified atom stereocenters. The van der Waals surface area contributed by atoms with E-state index in [0.717, 1.165) is 19.3 Å². The second-order valence-electron chi connectivity index (χ2n) is 6.44. The Morgan fingerprint density at radius 3 is 2.52 bits per heavy atom. The summed E-state index contributed by atoms with van der Waals surface area (Å²) in [5.74, 6) is 0.547. The van der Waals surface area contributed by atoms with E-state index < -0.39 is 4.92 Å². The molecule has 0 atom stereocenters. The summed E-state index contributed by atoms with van der Waals surface area (Å²) in [5, 5.41) is 14.2. The van der Waals surface area contributed by atoms with Gasteiger partial charge in [0.25, 0.3) is 11.6 Å². The summed E-state index contributed by atoms with van der Waals surface area (Å²) in [7, 11) is 2.90. The number of methoxy groups -OCH3 is 2. The number of amides is 1. The molecule has 142 valence electrons. The van der Waals surface area contributed by atoms with E-state index in [0.29, 0.717) is 29.0 Å². The largest absolute Gasteiger partial charge is 0.493 e. The fourth-order valence-corrected chi connectivity index (χ4v) is 3.41. The number of nitro benzene ring substituents is 1. The number of nitrogens with one attached hydrogen (secondary N) is 1. The van der Waals surface area contributed by atoms with E-state index in [2.05, 4.69) is 5.32 Å². The Balaban J connectivity index is 1.69. The van der Waals surface area contributed by atoms with Gasteiger partial charge in [-0.1, -0.05) is 6.07 Å². The molecule has 0 aliphatic heterocycles. The van der Waals surface area contributed by atoms with E-state index in [9.17, 15) is 14.9 Å². The lowest BCUT2D eigenvalue weighted by molar-refractivity contribution is -0.385. The summed E-state index contributed by atoms with van der Waals surface area (Å²) in [4.78, 5) is 23.3. The Bertz CT molecular complexity index is 879. The number of ether oxygens (including phenoxy) is 2. The number of benzene rings is 2. The SMILES string of the molecule is COc1cc(CCNC(=O)c2ccc3c(c2)CCC3)c([N+](=O)[O-])cc1OC. The van der Waals surface area contributed by atoms with Gasteiger partial charge in [0.2, 0.25) is 0 Å². The van der Waals surface area contributed by atoms with Gasteiger partial charge >= 0.3 is 0 Å². The van der Waals surface area contributed by atoms with E-state index in [1.165, 1.54) is 31.4 Å².